The Morgan fingerprint density at radius 3 is 1.61 bits per heavy atom. The molecule has 0 saturated carbocycles. The van der Waals surface area contributed by atoms with E-state index in [2.05, 4.69) is 175 Å². The molecule has 14 heteroatoms. The van der Waals surface area contributed by atoms with Crippen LogP contribution in [0.5, 0.6) is 0 Å². The van der Waals surface area contributed by atoms with E-state index in [0.717, 1.165) is 88.9 Å². The number of nitrogens with zero attached hydrogens (tertiary/aromatic N) is 7. The number of hydrogen-bond acceptors (Lipinski definition) is 8. The maximum atomic E-state index is 5.61. The molecule has 0 unspecified atom stereocenters. The van der Waals surface area contributed by atoms with Crippen molar-refractivity contribution in [1.29, 1.82) is 0 Å². The van der Waals surface area contributed by atoms with Crippen molar-refractivity contribution in [3.8, 4) is 61.6 Å². The molecule has 6 aromatic heterocycles. The summed E-state index contributed by atoms with van der Waals surface area (Å²) in [7, 11) is 0. The first-order valence-corrected chi connectivity index (χ1v) is 31.2. The molecule has 0 aliphatic heterocycles. The summed E-state index contributed by atoms with van der Waals surface area (Å²) in [6.07, 6.45) is 5.45. The Bertz CT molecular complexity index is 5520. The van der Waals surface area contributed by atoms with E-state index < -0.39 is 0 Å². The Balaban J connectivity index is 0.000000132. The second-order valence-corrected chi connectivity index (χ2v) is 22.7. The van der Waals surface area contributed by atoms with Crippen LogP contribution in [0.15, 0.2) is 320 Å². The van der Waals surface area contributed by atoms with E-state index in [1.807, 2.05) is 194 Å². The Kier molecular flexibility index (Phi) is 24.8. The number of hydrogen-bond donors (Lipinski definition) is 0. The first-order valence-electron chi connectivity index (χ1n) is 30.4. The average molecular weight is 2170 g/mol. The SMILES string of the molecule is [Ir].[Ir].[Ir].[Ir].[Ir].[c-]1c(-c2ccccn2)c2ccccc2c2ccccc12.[c-]1cc2ccc3cccc4ccc(c1-c1ccccn1)c2c34.[c-]1ccccc1-c1nc2ccccc2o1.[c-]1ccccc1-c1nc2ccccc2s1.[c-]1ccccc1-c1nc2cccnc2n1-c1ccccc1. The molecular formula is C84H52Ir5N7OS-5. The van der Waals surface area contributed by atoms with E-state index >= 15 is 0 Å². The van der Waals surface area contributed by atoms with Crippen molar-refractivity contribution in [3.63, 3.8) is 0 Å². The number of imidazole rings is 1. The fourth-order valence-corrected chi connectivity index (χ4v) is 12.5. The molecule has 0 N–H and O–H groups in total. The van der Waals surface area contributed by atoms with Gasteiger partial charge in [0.1, 0.15) is 11.5 Å². The van der Waals surface area contributed by atoms with Crippen LogP contribution in [-0.2, 0) is 101 Å². The van der Waals surface area contributed by atoms with E-state index in [0.29, 0.717) is 5.89 Å². The fourth-order valence-electron chi connectivity index (χ4n) is 11.5. The molecule has 19 rings (SSSR count). The molecule has 0 spiro atoms. The van der Waals surface area contributed by atoms with Crippen LogP contribution in [0, 0.1) is 30.3 Å². The molecular weight excluding hydrogens is 2120 g/mol. The Morgan fingerprint density at radius 1 is 0.357 bits per heavy atom. The van der Waals surface area contributed by atoms with Gasteiger partial charge >= 0.3 is 0 Å². The maximum Gasteiger partial charge on any atom is 0.155 e. The minimum Gasteiger partial charge on any atom is -0.481 e. The van der Waals surface area contributed by atoms with Gasteiger partial charge in [0.2, 0.25) is 0 Å². The van der Waals surface area contributed by atoms with E-state index in [1.54, 1.807) is 17.5 Å². The first-order chi connectivity index (χ1) is 46.1. The Morgan fingerprint density at radius 2 is 0.929 bits per heavy atom. The number of oxazole rings is 1. The summed E-state index contributed by atoms with van der Waals surface area (Å²) in [5.74, 6) is 1.48. The van der Waals surface area contributed by atoms with Gasteiger partial charge in [0.15, 0.2) is 5.65 Å². The van der Waals surface area contributed by atoms with E-state index in [-0.39, 0.29) is 101 Å². The minimum absolute atomic E-state index is 0. The third-order valence-electron chi connectivity index (χ3n) is 15.8. The number of benzene rings is 13. The largest absolute Gasteiger partial charge is 0.481 e. The van der Waals surface area contributed by atoms with Gasteiger partial charge in [-0.1, -0.05) is 195 Å². The molecule has 8 nitrogen and oxygen atoms in total. The zero-order valence-electron chi connectivity index (χ0n) is 51.6. The van der Waals surface area contributed by atoms with Crippen LogP contribution >= 0.6 is 11.3 Å². The van der Waals surface area contributed by atoms with Crippen LogP contribution in [0.25, 0.3) is 148 Å². The van der Waals surface area contributed by atoms with Crippen LogP contribution in [0.2, 0.25) is 0 Å². The van der Waals surface area contributed by atoms with E-state index in [9.17, 15) is 0 Å². The summed E-state index contributed by atoms with van der Waals surface area (Å²) >= 11 is 1.71. The van der Waals surface area contributed by atoms with Crippen molar-refractivity contribution < 1.29 is 105 Å². The Hall–Kier alpha value is -9.05. The monoisotopic (exact) mass is 2170 g/mol. The van der Waals surface area contributed by atoms with E-state index in [1.165, 1.54) is 53.2 Å². The van der Waals surface area contributed by atoms with Crippen molar-refractivity contribution in [2.24, 2.45) is 0 Å². The van der Waals surface area contributed by atoms with Gasteiger partial charge in [0.25, 0.3) is 0 Å². The van der Waals surface area contributed by atoms with Gasteiger partial charge in [-0.05, 0) is 82.5 Å². The standard InChI is InChI=1S/C21H12N.C19H12N.C18H12N3.C13H8NO.C13H8NS.5Ir/c1-2-13-22-19(6-1)17-11-9-16-8-7-14-4-3-5-15-10-12-18(17)21(16)20(14)15;1-2-8-15-14(7-1)13-18(19-11-5-6-12-20-19)17-10-4-3-9-16(15)17;1-3-8-14(9-4-1)17-20-16-12-7-13-19-18(16)21(17)15-10-5-2-6-11-15;2*1-2-6-10(7-3-1)13-14-11-8-4-5-9-12(11)15-13;;;;;/h1-10,12-13H;1-12H;1-8,10-13H;2*1-6,8-9H;;;;;/q5*-1;;;;;. The number of fused-ring (bicyclic) bond motifs is 6. The number of thiazole rings is 1. The summed E-state index contributed by atoms with van der Waals surface area (Å²) < 4.78 is 8.91. The topological polar surface area (TPSA) is 95.4 Å². The van der Waals surface area contributed by atoms with Gasteiger partial charge in [-0.25, -0.2) is 4.98 Å². The number of para-hydroxylation sites is 4. The fraction of sp³-hybridized carbons (Fsp3) is 0. The molecule has 5 radical (unpaired) electrons. The molecule has 6 heterocycles. The van der Waals surface area contributed by atoms with Crippen LogP contribution in [0.3, 0.4) is 0 Å². The second kappa shape index (κ2) is 33.9. The number of rotatable bonds is 6. The van der Waals surface area contributed by atoms with Gasteiger partial charge in [0, 0.05) is 140 Å². The van der Waals surface area contributed by atoms with Crippen LogP contribution in [0.4, 0.5) is 0 Å². The third-order valence-corrected chi connectivity index (χ3v) is 16.9. The molecule has 0 bridgehead atoms. The molecule has 0 aliphatic carbocycles. The minimum atomic E-state index is 0. The van der Waals surface area contributed by atoms with Crippen LogP contribution < -0.4 is 0 Å². The molecule has 485 valence electrons. The van der Waals surface area contributed by atoms with Gasteiger partial charge in [-0.15, -0.1) is 137 Å². The summed E-state index contributed by atoms with van der Waals surface area (Å²) in [5.41, 5.74) is 12.5. The predicted molar refractivity (Wildman–Crippen MR) is 381 cm³/mol. The average Bonchev–Trinajstić information content (AvgIpc) is 1.03. The zero-order chi connectivity index (χ0) is 62.1. The Labute approximate surface area is 638 Å². The smallest absolute Gasteiger partial charge is 0.155 e. The molecule has 0 aliphatic rings. The van der Waals surface area contributed by atoms with Crippen molar-refractivity contribution in [2.75, 3.05) is 0 Å². The molecule has 0 amide bonds. The first kappa shape index (κ1) is 71.7. The maximum absolute atomic E-state index is 5.61. The van der Waals surface area contributed by atoms with Gasteiger partial charge in [-0.3, -0.25) is 19.9 Å². The van der Waals surface area contributed by atoms with E-state index in [4.69, 9.17) is 9.40 Å². The normalized spacial score (nSPS) is 10.4. The molecule has 0 fully saturated rings. The van der Waals surface area contributed by atoms with Crippen molar-refractivity contribution in [2.45, 2.75) is 0 Å². The van der Waals surface area contributed by atoms with Crippen molar-refractivity contribution in [3.05, 3.63) is 346 Å². The molecule has 19 aromatic rings. The van der Waals surface area contributed by atoms with Gasteiger partial charge < -0.3 is 14.0 Å². The second-order valence-electron chi connectivity index (χ2n) is 21.7. The number of aromatic nitrogens is 7. The molecule has 98 heavy (non-hydrogen) atoms. The van der Waals surface area contributed by atoms with Crippen LogP contribution in [-0.4, -0.2) is 34.5 Å². The quantitative estimate of drug-likeness (QED) is 0.121. The summed E-state index contributed by atoms with van der Waals surface area (Å²) in [5, 5.41) is 13.5. The third kappa shape index (κ3) is 15.6. The summed E-state index contributed by atoms with van der Waals surface area (Å²) in [6.45, 7) is 0. The van der Waals surface area contributed by atoms with Crippen molar-refractivity contribution >= 4 is 97.7 Å². The summed E-state index contributed by atoms with van der Waals surface area (Å²) in [6, 6.07) is 116. The molecule has 0 atom stereocenters. The van der Waals surface area contributed by atoms with Crippen LogP contribution in [0.1, 0.15) is 0 Å². The molecule has 13 aromatic carbocycles. The number of pyridine rings is 3. The molecule has 0 saturated heterocycles. The predicted octanol–water partition coefficient (Wildman–Crippen LogP) is 21.2. The zero-order valence-corrected chi connectivity index (χ0v) is 64.4. The summed E-state index contributed by atoms with van der Waals surface area (Å²) in [4.78, 5) is 27.1. The van der Waals surface area contributed by atoms with Crippen molar-refractivity contribution in [1.82, 2.24) is 34.5 Å². The van der Waals surface area contributed by atoms with Gasteiger partial charge in [-0.2, -0.15) is 11.3 Å². The van der Waals surface area contributed by atoms with Gasteiger partial charge in [0.05, 0.1) is 22.4 Å².